The largest absolute Gasteiger partial charge is 0.483 e. The molecule has 1 heterocycles. The molecule has 6 nitrogen and oxygen atoms in total. The molecule has 0 aliphatic carbocycles. The van der Waals surface area contributed by atoms with Crippen molar-refractivity contribution in [2.45, 2.75) is 25.7 Å². The van der Waals surface area contributed by atoms with E-state index >= 15 is 0 Å². The van der Waals surface area contributed by atoms with Crippen LogP contribution < -0.4 is 4.74 Å². The fourth-order valence-electron chi connectivity index (χ4n) is 2.52. The van der Waals surface area contributed by atoms with Crippen LogP contribution in [0.25, 0.3) is 0 Å². The summed E-state index contributed by atoms with van der Waals surface area (Å²) in [5.74, 6) is 0.216. The van der Waals surface area contributed by atoms with Crippen LogP contribution in [0.15, 0.2) is 30.9 Å². The van der Waals surface area contributed by atoms with Crippen molar-refractivity contribution in [3.63, 3.8) is 0 Å². The van der Waals surface area contributed by atoms with Gasteiger partial charge in [-0.25, -0.2) is 0 Å². The number of carbonyl (C=O) groups excluding carboxylic acids is 1. The fraction of sp³-hybridized carbons (Fsp3) is 0.438. The summed E-state index contributed by atoms with van der Waals surface area (Å²) in [5.41, 5.74) is 0.513. The van der Waals surface area contributed by atoms with Crippen molar-refractivity contribution in [3.8, 4) is 5.75 Å². The van der Waals surface area contributed by atoms with Gasteiger partial charge in [0.05, 0.1) is 11.3 Å². The highest BCUT2D eigenvalue weighted by atomic mass is 16.6. The minimum Gasteiger partial charge on any atom is -0.483 e. The first kappa shape index (κ1) is 16.0. The van der Waals surface area contributed by atoms with Crippen LogP contribution in [0.5, 0.6) is 5.75 Å². The number of piperidine rings is 1. The number of hydrogen-bond donors (Lipinski definition) is 0. The fourth-order valence-corrected chi connectivity index (χ4v) is 2.52. The van der Waals surface area contributed by atoms with Gasteiger partial charge < -0.3 is 9.64 Å². The third-order valence-electron chi connectivity index (χ3n) is 3.64. The van der Waals surface area contributed by atoms with E-state index in [2.05, 4.69) is 6.58 Å². The summed E-state index contributed by atoms with van der Waals surface area (Å²) in [7, 11) is 0. The second-order valence-corrected chi connectivity index (χ2v) is 5.28. The molecule has 0 aromatic heterocycles. The molecular weight excluding hydrogens is 284 g/mol. The van der Waals surface area contributed by atoms with Crippen molar-refractivity contribution >= 4 is 11.6 Å². The first-order valence-corrected chi connectivity index (χ1v) is 7.40. The summed E-state index contributed by atoms with van der Waals surface area (Å²) in [6.45, 7) is 5.27. The number of hydrogen-bond acceptors (Lipinski definition) is 4. The summed E-state index contributed by atoms with van der Waals surface area (Å²) >= 11 is 0. The summed E-state index contributed by atoms with van der Waals surface area (Å²) in [5, 5.41) is 11.1. The highest BCUT2D eigenvalue weighted by molar-refractivity contribution is 5.79. The molecule has 1 amide bonds. The normalized spacial score (nSPS) is 14.5. The Hall–Kier alpha value is -2.37. The van der Waals surface area contributed by atoms with Gasteiger partial charge in [0.1, 0.15) is 6.61 Å². The molecule has 0 atom stereocenters. The van der Waals surface area contributed by atoms with Crippen LogP contribution in [0.1, 0.15) is 24.8 Å². The van der Waals surface area contributed by atoms with E-state index in [0.29, 0.717) is 5.56 Å². The Morgan fingerprint density at radius 1 is 1.36 bits per heavy atom. The van der Waals surface area contributed by atoms with Crippen molar-refractivity contribution in [3.05, 3.63) is 46.5 Å². The summed E-state index contributed by atoms with van der Waals surface area (Å²) in [6, 6.07) is 4.66. The lowest BCUT2D eigenvalue weighted by atomic mass is 10.1. The minimum absolute atomic E-state index is 0.0220. The SMILES string of the molecule is C=CCOc1ccc(CC(=O)N2CCCCC2)cc1[N+](=O)[O-]. The van der Waals surface area contributed by atoms with Gasteiger partial charge in [-0.15, -0.1) is 0 Å². The van der Waals surface area contributed by atoms with Gasteiger partial charge in [-0.3, -0.25) is 14.9 Å². The van der Waals surface area contributed by atoms with Gasteiger partial charge in [-0.05, 0) is 30.9 Å². The van der Waals surface area contributed by atoms with Crippen molar-refractivity contribution in [1.82, 2.24) is 4.90 Å². The first-order chi connectivity index (χ1) is 10.6. The predicted molar refractivity (Wildman–Crippen MR) is 82.9 cm³/mol. The Morgan fingerprint density at radius 3 is 2.73 bits per heavy atom. The van der Waals surface area contributed by atoms with Gasteiger partial charge in [0.15, 0.2) is 5.75 Å². The first-order valence-electron chi connectivity index (χ1n) is 7.40. The summed E-state index contributed by atoms with van der Waals surface area (Å²) in [6.07, 6.45) is 4.92. The number of ether oxygens (including phenoxy) is 1. The van der Waals surface area contributed by atoms with Crippen molar-refractivity contribution in [1.29, 1.82) is 0 Å². The Bertz CT molecular complexity index is 565. The van der Waals surface area contributed by atoms with Gasteiger partial charge in [-0.2, -0.15) is 0 Å². The van der Waals surface area contributed by atoms with Crippen LogP contribution in [0.2, 0.25) is 0 Å². The lowest BCUT2D eigenvalue weighted by Crippen LogP contribution is -2.36. The van der Waals surface area contributed by atoms with Crippen molar-refractivity contribution in [2.75, 3.05) is 19.7 Å². The molecule has 1 fully saturated rings. The van der Waals surface area contributed by atoms with Crippen LogP contribution >= 0.6 is 0 Å². The molecule has 6 heteroatoms. The van der Waals surface area contributed by atoms with Crippen molar-refractivity contribution in [2.24, 2.45) is 0 Å². The number of benzene rings is 1. The molecule has 1 aliphatic rings. The maximum atomic E-state index is 12.2. The number of likely N-dealkylation sites (tertiary alicyclic amines) is 1. The molecule has 0 radical (unpaired) electrons. The summed E-state index contributed by atoms with van der Waals surface area (Å²) < 4.78 is 5.27. The second-order valence-electron chi connectivity index (χ2n) is 5.28. The Morgan fingerprint density at radius 2 is 2.09 bits per heavy atom. The molecule has 0 spiro atoms. The number of nitrogens with zero attached hydrogens (tertiary/aromatic N) is 2. The average Bonchev–Trinajstić information content (AvgIpc) is 2.54. The van der Waals surface area contributed by atoms with E-state index in [1.54, 1.807) is 12.1 Å². The molecule has 1 saturated heterocycles. The van der Waals surface area contributed by atoms with E-state index in [1.807, 2.05) is 4.90 Å². The third kappa shape index (κ3) is 4.07. The maximum Gasteiger partial charge on any atom is 0.311 e. The van der Waals surface area contributed by atoms with Crippen molar-refractivity contribution < 1.29 is 14.5 Å². The Labute approximate surface area is 129 Å². The van der Waals surface area contributed by atoms with Gasteiger partial charge >= 0.3 is 5.69 Å². The molecule has 118 valence electrons. The van der Waals surface area contributed by atoms with Crippen LogP contribution in [0.4, 0.5) is 5.69 Å². The van der Waals surface area contributed by atoms with Gasteiger partial charge in [0, 0.05) is 19.2 Å². The van der Waals surface area contributed by atoms with E-state index in [9.17, 15) is 14.9 Å². The Balaban J connectivity index is 2.10. The molecule has 0 N–H and O–H groups in total. The molecule has 2 rings (SSSR count). The van der Waals surface area contributed by atoms with Crippen LogP contribution in [-0.4, -0.2) is 35.4 Å². The third-order valence-corrected chi connectivity index (χ3v) is 3.64. The zero-order chi connectivity index (χ0) is 15.9. The highest BCUT2D eigenvalue weighted by Gasteiger charge is 2.20. The van der Waals surface area contributed by atoms with E-state index in [1.165, 1.54) is 12.1 Å². The van der Waals surface area contributed by atoms with Gasteiger partial charge in [0.2, 0.25) is 5.91 Å². The van der Waals surface area contributed by atoms with E-state index < -0.39 is 4.92 Å². The number of amides is 1. The topological polar surface area (TPSA) is 72.7 Å². The Kier molecular flexibility index (Phi) is 5.52. The van der Waals surface area contributed by atoms with Crippen LogP contribution in [0, 0.1) is 10.1 Å². The van der Waals surface area contributed by atoms with E-state index in [-0.39, 0.29) is 30.4 Å². The smallest absolute Gasteiger partial charge is 0.311 e. The molecule has 1 aromatic rings. The number of nitro benzene ring substituents is 1. The highest BCUT2D eigenvalue weighted by Crippen LogP contribution is 2.28. The maximum absolute atomic E-state index is 12.2. The summed E-state index contributed by atoms with van der Waals surface area (Å²) in [4.78, 5) is 24.7. The predicted octanol–water partition coefficient (Wildman–Crippen LogP) is 2.71. The van der Waals surface area contributed by atoms with E-state index in [0.717, 1.165) is 32.4 Å². The van der Waals surface area contributed by atoms with Gasteiger partial charge in [-0.1, -0.05) is 18.7 Å². The monoisotopic (exact) mass is 304 g/mol. The molecule has 0 bridgehead atoms. The molecular formula is C16H20N2O4. The number of nitro groups is 1. The average molecular weight is 304 g/mol. The zero-order valence-corrected chi connectivity index (χ0v) is 12.5. The number of carbonyl (C=O) groups is 1. The molecule has 0 saturated carbocycles. The molecule has 1 aromatic carbocycles. The number of rotatable bonds is 6. The standard InChI is InChI=1S/C16H20N2O4/c1-2-10-22-15-7-6-13(11-14(15)18(20)21)12-16(19)17-8-4-3-5-9-17/h2,6-7,11H,1,3-5,8-10,12H2. The van der Waals surface area contributed by atoms with Crippen LogP contribution in [-0.2, 0) is 11.2 Å². The lowest BCUT2D eigenvalue weighted by Gasteiger charge is -2.26. The molecule has 1 aliphatic heterocycles. The molecule has 0 unspecified atom stereocenters. The lowest BCUT2D eigenvalue weighted by molar-refractivity contribution is -0.385. The minimum atomic E-state index is -0.493. The van der Waals surface area contributed by atoms with E-state index in [4.69, 9.17) is 4.74 Å². The second kappa shape index (κ2) is 7.59. The quantitative estimate of drug-likeness (QED) is 0.460. The van der Waals surface area contributed by atoms with Gasteiger partial charge in [0.25, 0.3) is 0 Å². The van der Waals surface area contributed by atoms with Crippen LogP contribution in [0.3, 0.4) is 0 Å². The molecule has 22 heavy (non-hydrogen) atoms. The zero-order valence-electron chi connectivity index (χ0n) is 12.5.